The lowest BCUT2D eigenvalue weighted by Crippen LogP contribution is -2.12. The van der Waals surface area contributed by atoms with Gasteiger partial charge in [-0.2, -0.15) is 0 Å². The first-order valence-electron chi connectivity index (χ1n) is 6.08. The van der Waals surface area contributed by atoms with Gasteiger partial charge in [0.2, 0.25) is 5.95 Å². The van der Waals surface area contributed by atoms with Crippen molar-refractivity contribution in [1.82, 2.24) is 9.97 Å². The number of aromatic hydroxyl groups is 1. The zero-order valence-electron chi connectivity index (χ0n) is 10.8. The lowest BCUT2D eigenvalue weighted by molar-refractivity contribution is 0.475. The van der Waals surface area contributed by atoms with Gasteiger partial charge in [0.05, 0.1) is 5.52 Å². The van der Waals surface area contributed by atoms with Gasteiger partial charge in [-0.15, -0.1) is 0 Å². The van der Waals surface area contributed by atoms with Gasteiger partial charge in [0.1, 0.15) is 5.75 Å². The molecule has 0 amide bonds. The predicted octanol–water partition coefficient (Wildman–Crippen LogP) is 3.76. The summed E-state index contributed by atoms with van der Waals surface area (Å²) in [6.07, 6.45) is 1.75. The number of fused-ring (bicyclic) bond motifs is 1. The SMILES string of the molecule is CN(c1ccc(O)cc1)c1ncc2cc(Cl)ccc2n1. The molecule has 100 valence electrons. The second-order valence-electron chi connectivity index (χ2n) is 4.45. The van der Waals surface area contributed by atoms with Crippen LogP contribution >= 0.6 is 11.6 Å². The van der Waals surface area contributed by atoms with Crippen LogP contribution in [0.2, 0.25) is 5.02 Å². The highest BCUT2D eigenvalue weighted by Crippen LogP contribution is 2.24. The summed E-state index contributed by atoms with van der Waals surface area (Å²) in [5.74, 6) is 0.821. The lowest BCUT2D eigenvalue weighted by atomic mass is 10.2. The minimum absolute atomic E-state index is 0.233. The maximum Gasteiger partial charge on any atom is 0.230 e. The molecular formula is C15H12ClN3O. The highest BCUT2D eigenvalue weighted by atomic mass is 35.5. The molecule has 0 fully saturated rings. The summed E-state index contributed by atoms with van der Waals surface area (Å²) in [4.78, 5) is 10.7. The van der Waals surface area contributed by atoms with Crippen molar-refractivity contribution < 1.29 is 5.11 Å². The zero-order valence-corrected chi connectivity index (χ0v) is 11.5. The van der Waals surface area contributed by atoms with Crippen molar-refractivity contribution >= 4 is 34.1 Å². The summed E-state index contributed by atoms with van der Waals surface area (Å²) in [6.45, 7) is 0. The van der Waals surface area contributed by atoms with Gasteiger partial charge in [-0.3, -0.25) is 0 Å². The van der Waals surface area contributed by atoms with Crippen LogP contribution in [0, 0.1) is 0 Å². The molecule has 0 unspecified atom stereocenters. The smallest absolute Gasteiger partial charge is 0.230 e. The van der Waals surface area contributed by atoms with E-state index in [4.69, 9.17) is 11.6 Å². The highest BCUT2D eigenvalue weighted by molar-refractivity contribution is 6.31. The number of halogens is 1. The Kier molecular flexibility index (Phi) is 3.16. The second kappa shape index (κ2) is 4.98. The highest BCUT2D eigenvalue weighted by Gasteiger charge is 2.08. The van der Waals surface area contributed by atoms with Crippen molar-refractivity contribution in [2.45, 2.75) is 0 Å². The number of nitrogens with zero attached hydrogens (tertiary/aromatic N) is 3. The third-order valence-corrected chi connectivity index (χ3v) is 3.30. The van der Waals surface area contributed by atoms with Crippen LogP contribution in [0.5, 0.6) is 5.75 Å². The van der Waals surface area contributed by atoms with E-state index < -0.39 is 0 Å². The van der Waals surface area contributed by atoms with Gasteiger partial charge < -0.3 is 10.0 Å². The van der Waals surface area contributed by atoms with Crippen LogP contribution < -0.4 is 4.90 Å². The average Bonchev–Trinajstić information content (AvgIpc) is 2.47. The van der Waals surface area contributed by atoms with Crippen LogP contribution in [0.1, 0.15) is 0 Å². The lowest BCUT2D eigenvalue weighted by Gasteiger charge is -2.17. The average molecular weight is 286 g/mol. The van der Waals surface area contributed by atoms with E-state index in [1.54, 1.807) is 24.4 Å². The number of anilines is 2. The molecule has 3 rings (SSSR count). The molecule has 0 saturated heterocycles. The van der Waals surface area contributed by atoms with E-state index in [9.17, 15) is 5.11 Å². The predicted molar refractivity (Wildman–Crippen MR) is 80.7 cm³/mol. The number of aromatic nitrogens is 2. The number of hydrogen-bond acceptors (Lipinski definition) is 4. The van der Waals surface area contributed by atoms with Crippen molar-refractivity contribution in [3.05, 3.63) is 53.7 Å². The van der Waals surface area contributed by atoms with Gasteiger partial charge in [0.15, 0.2) is 0 Å². The minimum atomic E-state index is 0.233. The van der Waals surface area contributed by atoms with Gasteiger partial charge in [-0.1, -0.05) is 11.6 Å². The Morgan fingerprint density at radius 2 is 1.85 bits per heavy atom. The summed E-state index contributed by atoms with van der Waals surface area (Å²) >= 11 is 5.94. The van der Waals surface area contributed by atoms with E-state index in [1.807, 2.05) is 36.2 Å². The molecule has 0 radical (unpaired) electrons. The summed E-state index contributed by atoms with van der Waals surface area (Å²) in [5, 5.41) is 10.9. The first-order valence-corrected chi connectivity index (χ1v) is 6.46. The van der Waals surface area contributed by atoms with Crippen LogP contribution in [0.15, 0.2) is 48.7 Å². The number of benzene rings is 2. The molecule has 0 atom stereocenters. The first kappa shape index (κ1) is 12.7. The van der Waals surface area contributed by atoms with E-state index in [0.29, 0.717) is 11.0 Å². The Morgan fingerprint density at radius 3 is 2.60 bits per heavy atom. The maximum atomic E-state index is 9.31. The van der Waals surface area contributed by atoms with Gasteiger partial charge in [-0.05, 0) is 42.5 Å². The molecule has 0 spiro atoms. The number of phenolic OH excluding ortho intramolecular Hbond substituents is 1. The minimum Gasteiger partial charge on any atom is -0.508 e. The van der Waals surface area contributed by atoms with Crippen LogP contribution in [0.4, 0.5) is 11.6 Å². The van der Waals surface area contributed by atoms with Crippen molar-refractivity contribution in [1.29, 1.82) is 0 Å². The Labute approximate surface area is 121 Å². The Bertz CT molecular complexity index is 759. The Morgan fingerprint density at radius 1 is 1.10 bits per heavy atom. The van der Waals surface area contributed by atoms with Crippen LogP contribution in [0.25, 0.3) is 10.9 Å². The monoisotopic (exact) mass is 285 g/mol. The molecule has 5 heteroatoms. The summed E-state index contributed by atoms with van der Waals surface area (Å²) < 4.78 is 0. The van der Waals surface area contributed by atoms with E-state index in [1.165, 1.54) is 0 Å². The quantitative estimate of drug-likeness (QED) is 0.779. The van der Waals surface area contributed by atoms with Gasteiger partial charge in [0.25, 0.3) is 0 Å². The molecule has 1 heterocycles. The van der Waals surface area contributed by atoms with E-state index in [0.717, 1.165) is 16.6 Å². The molecule has 0 saturated carbocycles. The number of hydrogen-bond donors (Lipinski definition) is 1. The van der Waals surface area contributed by atoms with E-state index in [-0.39, 0.29) is 5.75 Å². The summed E-state index contributed by atoms with van der Waals surface area (Å²) in [6, 6.07) is 12.4. The number of rotatable bonds is 2. The molecule has 0 aliphatic heterocycles. The van der Waals surface area contributed by atoms with Crippen molar-refractivity contribution in [3.8, 4) is 5.75 Å². The molecular weight excluding hydrogens is 274 g/mol. The fourth-order valence-electron chi connectivity index (χ4n) is 1.95. The third-order valence-electron chi connectivity index (χ3n) is 3.07. The van der Waals surface area contributed by atoms with Gasteiger partial charge >= 0.3 is 0 Å². The molecule has 3 aromatic rings. The first-order chi connectivity index (χ1) is 9.63. The fourth-order valence-corrected chi connectivity index (χ4v) is 2.13. The normalized spacial score (nSPS) is 10.7. The second-order valence-corrected chi connectivity index (χ2v) is 4.88. The Hall–Kier alpha value is -2.33. The van der Waals surface area contributed by atoms with E-state index >= 15 is 0 Å². The van der Waals surface area contributed by atoms with E-state index in [2.05, 4.69) is 9.97 Å². The van der Waals surface area contributed by atoms with Crippen molar-refractivity contribution in [2.75, 3.05) is 11.9 Å². The third kappa shape index (κ3) is 2.38. The maximum absolute atomic E-state index is 9.31. The number of phenols is 1. The van der Waals surface area contributed by atoms with Crippen molar-refractivity contribution in [3.63, 3.8) is 0 Å². The van der Waals surface area contributed by atoms with Crippen LogP contribution in [-0.4, -0.2) is 22.1 Å². The largest absolute Gasteiger partial charge is 0.508 e. The summed E-state index contributed by atoms with van der Waals surface area (Å²) in [7, 11) is 1.88. The molecule has 1 N–H and O–H groups in total. The van der Waals surface area contributed by atoms with Gasteiger partial charge in [-0.25, -0.2) is 9.97 Å². The van der Waals surface area contributed by atoms with Crippen LogP contribution in [-0.2, 0) is 0 Å². The molecule has 20 heavy (non-hydrogen) atoms. The zero-order chi connectivity index (χ0) is 14.1. The Balaban J connectivity index is 2.01. The summed E-state index contributed by atoms with van der Waals surface area (Å²) in [5.41, 5.74) is 1.74. The van der Waals surface area contributed by atoms with Crippen LogP contribution in [0.3, 0.4) is 0 Å². The standard InChI is InChI=1S/C15H12ClN3O/c1-19(12-3-5-13(20)6-4-12)15-17-9-10-8-11(16)2-7-14(10)18-15/h2-9,20H,1H3. The molecule has 0 aliphatic carbocycles. The van der Waals surface area contributed by atoms with Crippen molar-refractivity contribution in [2.24, 2.45) is 0 Å². The molecule has 0 bridgehead atoms. The fraction of sp³-hybridized carbons (Fsp3) is 0.0667. The molecule has 4 nitrogen and oxygen atoms in total. The molecule has 0 aliphatic rings. The van der Waals surface area contributed by atoms with Gasteiger partial charge in [0, 0.05) is 29.3 Å². The topological polar surface area (TPSA) is 49.2 Å². The molecule has 2 aromatic carbocycles. The molecule has 1 aromatic heterocycles.